The van der Waals surface area contributed by atoms with Crippen molar-refractivity contribution >= 4 is 34.8 Å². The molecule has 7 heteroatoms. The van der Waals surface area contributed by atoms with Crippen molar-refractivity contribution in [3.8, 4) is 5.75 Å². The number of nitrogens with zero attached hydrogens (tertiary/aromatic N) is 2. The van der Waals surface area contributed by atoms with Crippen LogP contribution in [0.15, 0.2) is 29.4 Å². The SMILES string of the molecule is CCOC(=O)/C(Cl)=N/N(C=O)c1ccc(OC)cc1. The van der Waals surface area contributed by atoms with Gasteiger partial charge in [0.25, 0.3) is 0 Å². The van der Waals surface area contributed by atoms with E-state index in [1.807, 2.05) is 0 Å². The highest BCUT2D eigenvalue weighted by atomic mass is 35.5. The Morgan fingerprint density at radius 3 is 2.53 bits per heavy atom. The van der Waals surface area contributed by atoms with Gasteiger partial charge in [-0.3, -0.25) is 4.79 Å². The van der Waals surface area contributed by atoms with Gasteiger partial charge in [0.2, 0.25) is 11.6 Å². The Morgan fingerprint density at radius 2 is 2.05 bits per heavy atom. The molecule has 19 heavy (non-hydrogen) atoms. The number of carbonyl (C=O) groups is 2. The van der Waals surface area contributed by atoms with Gasteiger partial charge in [0.1, 0.15) is 5.75 Å². The summed E-state index contributed by atoms with van der Waals surface area (Å²) in [5, 5.41) is 4.17. The topological polar surface area (TPSA) is 68.2 Å². The second-order valence-corrected chi connectivity index (χ2v) is 3.62. The van der Waals surface area contributed by atoms with Crippen molar-refractivity contribution in [2.45, 2.75) is 6.92 Å². The van der Waals surface area contributed by atoms with Crippen LogP contribution < -0.4 is 9.75 Å². The maximum atomic E-state index is 11.3. The quantitative estimate of drug-likeness (QED) is 0.345. The summed E-state index contributed by atoms with van der Waals surface area (Å²) in [6.07, 6.45) is 0.434. The molecule has 1 amide bonds. The summed E-state index contributed by atoms with van der Waals surface area (Å²) in [5.41, 5.74) is 0.443. The number of halogens is 1. The number of hydrogen-bond donors (Lipinski definition) is 0. The lowest BCUT2D eigenvalue weighted by Crippen LogP contribution is -2.20. The first-order valence-electron chi connectivity index (χ1n) is 5.42. The third-order valence-electron chi connectivity index (χ3n) is 2.08. The minimum absolute atomic E-state index is 0.175. The fourth-order valence-electron chi connectivity index (χ4n) is 1.20. The Hall–Kier alpha value is -2.08. The first-order valence-corrected chi connectivity index (χ1v) is 5.80. The van der Waals surface area contributed by atoms with Crippen molar-refractivity contribution in [2.75, 3.05) is 18.7 Å². The van der Waals surface area contributed by atoms with Crippen LogP contribution in [0, 0.1) is 0 Å². The van der Waals surface area contributed by atoms with Gasteiger partial charge in [-0.15, -0.1) is 5.10 Å². The zero-order valence-corrected chi connectivity index (χ0v) is 11.3. The summed E-state index contributed by atoms with van der Waals surface area (Å²) in [7, 11) is 1.53. The predicted molar refractivity (Wildman–Crippen MR) is 71.5 cm³/mol. The Balaban J connectivity index is 2.90. The molecule has 1 rings (SSSR count). The molecule has 0 spiro atoms. The number of hydrogen-bond acceptors (Lipinski definition) is 5. The maximum Gasteiger partial charge on any atom is 0.370 e. The number of esters is 1. The predicted octanol–water partition coefficient (Wildman–Crippen LogP) is 1.77. The molecule has 0 aliphatic carbocycles. The molecule has 0 unspecified atom stereocenters. The van der Waals surface area contributed by atoms with E-state index in [-0.39, 0.29) is 6.61 Å². The summed E-state index contributed by atoms with van der Waals surface area (Å²) in [5.74, 6) is -0.153. The Kier molecular flexibility index (Phi) is 5.81. The van der Waals surface area contributed by atoms with Gasteiger partial charge in [0, 0.05) is 0 Å². The van der Waals surface area contributed by atoms with Crippen LogP contribution in [-0.2, 0) is 14.3 Å². The standard InChI is InChI=1S/C12H13ClN2O4/c1-3-19-12(17)11(13)14-15(8-16)9-4-6-10(18-2)7-5-9/h4-8H,3H2,1-2H3/b14-11-. The van der Waals surface area contributed by atoms with Crippen molar-refractivity contribution in [2.24, 2.45) is 5.10 Å². The number of rotatable bonds is 6. The van der Waals surface area contributed by atoms with E-state index in [9.17, 15) is 9.59 Å². The zero-order valence-electron chi connectivity index (χ0n) is 10.5. The third kappa shape index (κ3) is 4.26. The maximum absolute atomic E-state index is 11.3. The molecule has 0 saturated carbocycles. The van der Waals surface area contributed by atoms with Crippen molar-refractivity contribution in [1.29, 1.82) is 0 Å². The van der Waals surface area contributed by atoms with Crippen LogP contribution in [0.1, 0.15) is 6.92 Å². The van der Waals surface area contributed by atoms with Crippen LogP contribution >= 0.6 is 11.6 Å². The number of benzene rings is 1. The van der Waals surface area contributed by atoms with E-state index in [1.165, 1.54) is 7.11 Å². The number of anilines is 1. The van der Waals surface area contributed by atoms with E-state index in [0.29, 0.717) is 17.8 Å². The molecule has 1 aromatic rings. The molecule has 0 radical (unpaired) electrons. The highest BCUT2D eigenvalue weighted by molar-refractivity contribution is 6.82. The second kappa shape index (κ2) is 7.38. The van der Waals surface area contributed by atoms with E-state index in [1.54, 1.807) is 31.2 Å². The lowest BCUT2D eigenvalue weighted by molar-refractivity contribution is -0.134. The van der Waals surface area contributed by atoms with Crippen molar-refractivity contribution in [3.05, 3.63) is 24.3 Å². The fourth-order valence-corrected chi connectivity index (χ4v) is 1.34. The van der Waals surface area contributed by atoms with E-state index in [2.05, 4.69) is 9.84 Å². The Labute approximate surface area is 115 Å². The molecule has 0 bridgehead atoms. The molecule has 0 atom stereocenters. The first kappa shape index (κ1) is 15.0. The second-order valence-electron chi connectivity index (χ2n) is 3.26. The minimum atomic E-state index is -0.787. The van der Waals surface area contributed by atoms with Crippen LogP contribution in [0.4, 0.5) is 5.69 Å². The van der Waals surface area contributed by atoms with Crippen LogP contribution in [0.25, 0.3) is 0 Å². The van der Waals surface area contributed by atoms with Crippen molar-refractivity contribution in [1.82, 2.24) is 0 Å². The number of ether oxygens (including phenoxy) is 2. The van der Waals surface area contributed by atoms with E-state index < -0.39 is 11.1 Å². The molecule has 1 aromatic carbocycles. The number of methoxy groups -OCH3 is 1. The van der Waals surface area contributed by atoms with Gasteiger partial charge >= 0.3 is 5.97 Å². The van der Waals surface area contributed by atoms with Gasteiger partial charge in [-0.25, -0.2) is 9.80 Å². The smallest absolute Gasteiger partial charge is 0.370 e. The summed E-state index contributed by atoms with van der Waals surface area (Å²) < 4.78 is 9.65. The average molecular weight is 285 g/mol. The highest BCUT2D eigenvalue weighted by Crippen LogP contribution is 2.18. The van der Waals surface area contributed by atoms with Crippen LogP contribution in [-0.4, -0.2) is 31.3 Å². The third-order valence-corrected chi connectivity index (χ3v) is 2.31. The van der Waals surface area contributed by atoms with Gasteiger partial charge in [-0.05, 0) is 31.2 Å². The number of carbonyl (C=O) groups excluding carboxylic acids is 2. The first-order chi connectivity index (χ1) is 9.12. The molecule has 0 saturated heterocycles. The lowest BCUT2D eigenvalue weighted by atomic mass is 10.3. The van der Waals surface area contributed by atoms with Crippen LogP contribution in [0.5, 0.6) is 5.75 Å². The summed E-state index contributed by atoms with van der Waals surface area (Å²) >= 11 is 5.64. The molecule has 0 fully saturated rings. The van der Waals surface area contributed by atoms with Gasteiger partial charge in [0.15, 0.2) is 0 Å². The Bertz CT molecular complexity index is 473. The van der Waals surface area contributed by atoms with Gasteiger partial charge in [0.05, 0.1) is 19.4 Å². The summed E-state index contributed by atoms with van der Waals surface area (Å²) in [4.78, 5) is 22.2. The molecule has 6 nitrogen and oxygen atoms in total. The minimum Gasteiger partial charge on any atom is -0.497 e. The van der Waals surface area contributed by atoms with Crippen molar-refractivity contribution in [3.63, 3.8) is 0 Å². The fraction of sp³-hybridized carbons (Fsp3) is 0.250. The van der Waals surface area contributed by atoms with Gasteiger partial charge in [-0.1, -0.05) is 11.6 Å². The van der Waals surface area contributed by atoms with Crippen LogP contribution in [0.2, 0.25) is 0 Å². The lowest BCUT2D eigenvalue weighted by Gasteiger charge is -2.12. The number of amides is 1. The van der Waals surface area contributed by atoms with Crippen molar-refractivity contribution < 1.29 is 19.1 Å². The molecule has 0 heterocycles. The van der Waals surface area contributed by atoms with Gasteiger partial charge in [-0.2, -0.15) is 0 Å². The average Bonchev–Trinajstić information content (AvgIpc) is 2.45. The highest BCUT2D eigenvalue weighted by Gasteiger charge is 2.12. The molecule has 0 aliphatic heterocycles. The molecule has 102 valence electrons. The number of hydrazone groups is 1. The Morgan fingerprint density at radius 1 is 1.42 bits per heavy atom. The molecular formula is C12H13ClN2O4. The zero-order chi connectivity index (χ0) is 14.3. The van der Waals surface area contributed by atoms with E-state index in [4.69, 9.17) is 16.3 Å². The largest absolute Gasteiger partial charge is 0.497 e. The molecule has 0 aliphatic rings. The normalized spacial score (nSPS) is 10.8. The summed E-state index contributed by atoms with van der Waals surface area (Å²) in [6.45, 7) is 1.82. The van der Waals surface area contributed by atoms with Gasteiger partial charge < -0.3 is 9.47 Å². The molecule has 0 aromatic heterocycles. The molecular weight excluding hydrogens is 272 g/mol. The van der Waals surface area contributed by atoms with E-state index >= 15 is 0 Å². The van der Waals surface area contributed by atoms with E-state index in [0.717, 1.165) is 5.01 Å². The molecule has 0 N–H and O–H groups in total. The van der Waals surface area contributed by atoms with Crippen LogP contribution in [0.3, 0.4) is 0 Å². The summed E-state index contributed by atoms with van der Waals surface area (Å²) in [6, 6.07) is 6.51. The monoisotopic (exact) mass is 284 g/mol.